The summed E-state index contributed by atoms with van der Waals surface area (Å²) >= 11 is 0. The van der Waals surface area contributed by atoms with Crippen molar-refractivity contribution < 1.29 is 18.3 Å². The number of pyridine rings is 1. The van der Waals surface area contributed by atoms with Crippen molar-refractivity contribution in [2.75, 3.05) is 5.32 Å². The molecule has 0 saturated heterocycles. The highest BCUT2D eigenvalue weighted by Crippen LogP contribution is 2.09. The van der Waals surface area contributed by atoms with Gasteiger partial charge in [-0.25, -0.2) is 14.2 Å². The van der Waals surface area contributed by atoms with Crippen LogP contribution in [-0.4, -0.2) is 11.1 Å². The molecular formula is C13H10F2N2O2. The predicted octanol–water partition coefficient (Wildman–Crippen LogP) is 3.11. The molecule has 0 aliphatic heterocycles. The van der Waals surface area contributed by atoms with Gasteiger partial charge in [-0.2, -0.15) is 4.39 Å². The standard InChI is InChI=1S/C13H10F2N2O2/c14-10-6-11(15)16-12(7-10)17-13(18)19-8-9-4-2-1-3-5-9/h1-7H,8H2,(H,16,17,18). The number of amides is 1. The Bertz CT molecular complexity index is 556. The maximum Gasteiger partial charge on any atom is 0.413 e. The number of carbonyl (C=O) groups is 1. The molecular weight excluding hydrogens is 254 g/mol. The van der Waals surface area contributed by atoms with Crippen LogP contribution in [0.3, 0.4) is 0 Å². The lowest BCUT2D eigenvalue weighted by molar-refractivity contribution is 0.155. The molecule has 1 amide bonds. The largest absolute Gasteiger partial charge is 0.444 e. The van der Waals surface area contributed by atoms with Gasteiger partial charge in [-0.05, 0) is 5.56 Å². The molecule has 0 atom stereocenters. The van der Waals surface area contributed by atoms with Crippen LogP contribution in [0.1, 0.15) is 5.56 Å². The minimum atomic E-state index is -1.02. The van der Waals surface area contributed by atoms with Crippen molar-refractivity contribution in [2.24, 2.45) is 0 Å². The van der Waals surface area contributed by atoms with Gasteiger partial charge in [0.2, 0.25) is 5.95 Å². The van der Waals surface area contributed by atoms with Crippen molar-refractivity contribution in [3.8, 4) is 0 Å². The van der Waals surface area contributed by atoms with Crippen molar-refractivity contribution in [1.82, 2.24) is 4.98 Å². The van der Waals surface area contributed by atoms with Crippen molar-refractivity contribution in [3.05, 3.63) is 59.8 Å². The molecule has 0 saturated carbocycles. The Balaban J connectivity index is 1.91. The summed E-state index contributed by atoms with van der Waals surface area (Å²) in [5, 5.41) is 2.14. The number of halogens is 2. The second-order valence-electron chi connectivity index (χ2n) is 3.68. The molecule has 0 unspecified atom stereocenters. The number of carbonyl (C=O) groups excluding carboxylic acids is 1. The van der Waals surface area contributed by atoms with Crippen molar-refractivity contribution in [3.63, 3.8) is 0 Å². The molecule has 2 aromatic rings. The number of anilines is 1. The van der Waals surface area contributed by atoms with E-state index in [9.17, 15) is 13.6 Å². The molecule has 4 nitrogen and oxygen atoms in total. The highest BCUT2D eigenvalue weighted by molar-refractivity contribution is 5.83. The number of aromatic nitrogens is 1. The van der Waals surface area contributed by atoms with Gasteiger partial charge in [0.25, 0.3) is 0 Å². The molecule has 1 N–H and O–H groups in total. The predicted molar refractivity (Wildman–Crippen MR) is 64.4 cm³/mol. The Labute approximate surface area is 108 Å². The van der Waals surface area contributed by atoms with Gasteiger partial charge in [-0.15, -0.1) is 0 Å². The molecule has 1 aromatic heterocycles. The summed E-state index contributed by atoms with van der Waals surface area (Å²) in [7, 11) is 0. The Hall–Kier alpha value is -2.50. The van der Waals surface area contributed by atoms with Crippen LogP contribution < -0.4 is 5.32 Å². The fourth-order valence-electron chi connectivity index (χ4n) is 1.39. The normalized spacial score (nSPS) is 10.0. The third kappa shape index (κ3) is 4.02. The van der Waals surface area contributed by atoms with Gasteiger partial charge in [0, 0.05) is 12.1 Å². The quantitative estimate of drug-likeness (QED) is 0.866. The minimum absolute atomic E-state index is 0.0600. The molecule has 1 heterocycles. The van der Waals surface area contributed by atoms with Gasteiger partial charge in [0.05, 0.1) is 0 Å². The fraction of sp³-hybridized carbons (Fsp3) is 0.0769. The van der Waals surface area contributed by atoms with E-state index in [1.165, 1.54) is 0 Å². The first-order valence-corrected chi connectivity index (χ1v) is 5.44. The van der Waals surface area contributed by atoms with E-state index in [0.717, 1.165) is 11.6 Å². The summed E-state index contributed by atoms with van der Waals surface area (Å²) in [4.78, 5) is 14.7. The van der Waals surface area contributed by atoms with Crippen LogP contribution in [0.4, 0.5) is 19.4 Å². The highest BCUT2D eigenvalue weighted by atomic mass is 19.1. The molecule has 0 fully saturated rings. The van der Waals surface area contributed by atoms with E-state index in [-0.39, 0.29) is 12.4 Å². The number of ether oxygens (including phenoxy) is 1. The summed E-state index contributed by atoms with van der Waals surface area (Å²) in [6.07, 6.45) is -0.832. The van der Waals surface area contributed by atoms with Crippen molar-refractivity contribution in [1.29, 1.82) is 0 Å². The zero-order valence-electron chi connectivity index (χ0n) is 9.77. The zero-order chi connectivity index (χ0) is 13.7. The summed E-state index contributed by atoms with van der Waals surface area (Å²) in [6.45, 7) is 0.0600. The second-order valence-corrected chi connectivity index (χ2v) is 3.68. The lowest BCUT2D eigenvalue weighted by Crippen LogP contribution is -2.15. The molecule has 98 valence electrons. The van der Waals surface area contributed by atoms with Crippen LogP contribution in [0, 0.1) is 11.8 Å². The third-order valence-corrected chi connectivity index (χ3v) is 2.20. The van der Waals surface area contributed by atoms with Gasteiger partial charge in [0.1, 0.15) is 18.2 Å². The topological polar surface area (TPSA) is 51.2 Å². The van der Waals surface area contributed by atoms with E-state index in [1.54, 1.807) is 24.3 Å². The molecule has 0 spiro atoms. The lowest BCUT2D eigenvalue weighted by atomic mass is 10.2. The van der Waals surface area contributed by atoms with Crippen LogP contribution in [0.5, 0.6) is 0 Å². The van der Waals surface area contributed by atoms with Gasteiger partial charge < -0.3 is 4.74 Å². The van der Waals surface area contributed by atoms with Crippen molar-refractivity contribution in [2.45, 2.75) is 6.61 Å². The summed E-state index contributed by atoms with van der Waals surface area (Å²) in [5.74, 6) is -2.08. The van der Waals surface area contributed by atoms with E-state index in [2.05, 4.69) is 10.3 Å². The Morgan fingerprint density at radius 1 is 1.21 bits per heavy atom. The minimum Gasteiger partial charge on any atom is -0.444 e. The average Bonchev–Trinajstić information content (AvgIpc) is 2.36. The number of nitrogens with zero attached hydrogens (tertiary/aromatic N) is 1. The van der Waals surface area contributed by atoms with E-state index in [0.29, 0.717) is 6.07 Å². The van der Waals surface area contributed by atoms with E-state index in [4.69, 9.17) is 4.74 Å². The Kier molecular flexibility index (Phi) is 4.02. The number of hydrogen-bond donors (Lipinski definition) is 1. The molecule has 0 bridgehead atoms. The molecule has 0 aliphatic carbocycles. The van der Waals surface area contributed by atoms with Crippen LogP contribution in [-0.2, 0) is 11.3 Å². The van der Waals surface area contributed by atoms with Gasteiger partial charge >= 0.3 is 6.09 Å². The molecule has 2 rings (SSSR count). The average molecular weight is 264 g/mol. The van der Waals surface area contributed by atoms with Crippen LogP contribution in [0.2, 0.25) is 0 Å². The van der Waals surface area contributed by atoms with Crippen molar-refractivity contribution >= 4 is 11.9 Å². The Morgan fingerprint density at radius 3 is 2.63 bits per heavy atom. The van der Waals surface area contributed by atoms with Crippen LogP contribution in [0.25, 0.3) is 0 Å². The number of benzene rings is 1. The maximum absolute atomic E-state index is 12.9. The second kappa shape index (κ2) is 5.90. The molecule has 0 radical (unpaired) electrons. The fourth-order valence-corrected chi connectivity index (χ4v) is 1.39. The number of nitrogens with one attached hydrogen (secondary N) is 1. The van der Waals surface area contributed by atoms with Gasteiger partial charge in [-0.1, -0.05) is 30.3 Å². The number of rotatable bonds is 3. The van der Waals surface area contributed by atoms with E-state index in [1.807, 2.05) is 6.07 Å². The monoisotopic (exact) mass is 264 g/mol. The highest BCUT2D eigenvalue weighted by Gasteiger charge is 2.07. The molecule has 19 heavy (non-hydrogen) atoms. The first-order chi connectivity index (χ1) is 9.13. The van der Waals surface area contributed by atoms with Gasteiger partial charge in [-0.3, -0.25) is 5.32 Å². The molecule has 0 aliphatic rings. The summed E-state index contributed by atoms with van der Waals surface area (Å²) < 4.78 is 30.5. The maximum atomic E-state index is 12.9. The Morgan fingerprint density at radius 2 is 1.95 bits per heavy atom. The molecule has 1 aromatic carbocycles. The van der Waals surface area contributed by atoms with Gasteiger partial charge in [0.15, 0.2) is 0 Å². The van der Waals surface area contributed by atoms with E-state index < -0.39 is 17.9 Å². The zero-order valence-corrected chi connectivity index (χ0v) is 9.77. The smallest absolute Gasteiger partial charge is 0.413 e. The molecule has 6 heteroatoms. The SMILES string of the molecule is O=C(Nc1cc(F)cc(F)n1)OCc1ccccc1. The first kappa shape index (κ1) is 12.9. The number of hydrogen-bond acceptors (Lipinski definition) is 3. The third-order valence-electron chi connectivity index (χ3n) is 2.20. The summed E-state index contributed by atoms with van der Waals surface area (Å²) in [6, 6.07) is 10.5. The van der Waals surface area contributed by atoms with Crippen LogP contribution in [0.15, 0.2) is 42.5 Å². The lowest BCUT2D eigenvalue weighted by Gasteiger charge is -2.06. The summed E-state index contributed by atoms with van der Waals surface area (Å²) in [5.41, 5.74) is 0.802. The van der Waals surface area contributed by atoms with Crippen LogP contribution >= 0.6 is 0 Å². The first-order valence-electron chi connectivity index (χ1n) is 5.44. The van der Waals surface area contributed by atoms with E-state index >= 15 is 0 Å².